The number of fused-ring (bicyclic) bond motifs is 1. The molecular formula is C29H25N3O8S. The number of esters is 1. The molecule has 1 aliphatic rings. The maximum Gasteiger partial charge on any atom is 0.338 e. The van der Waals surface area contributed by atoms with Crippen molar-refractivity contribution in [2.75, 3.05) is 20.8 Å². The lowest BCUT2D eigenvalue weighted by Gasteiger charge is -2.24. The van der Waals surface area contributed by atoms with Gasteiger partial charge in [0.05, 0.1) is 59.2 Å². The maximum atomic E-state index is 13.8. The molecule has 0 amide bonds. The van der Waals surface area contributed by atoms with E-state index in [1.165, 1.54) is 23.8 Å². The van der Waals surface area contributed by atoms with Crippen LogP contribution in [0.5, 0.6) is 11.5 Å². The maximum absolute atomic E-state index is 13.8. The van der Waals surface area contributed by atoms with Crippen LogP contribution in [0.15, 0.2) is 80.1 Å². The van der Waals surface area contributed by atoms with Crippen LogP contribution < -0.4 is 24.4 Å². The van der Waals surface area contributed by atoms with Gasteiger partial charge in [0.15, 0.2) is 4.80 Å². The normalized spacial score (nSPS) is 14.8. The fraction of sp³-hybridized carbons (Fsp3) is 0.207. The van der Waals surface area contributed by atoms with Gasteiger partial charge in [-0.05, 0) is 49.7 Å². The molecule has 5 rings (SSSR count). The van der Waals surface area contributed by atoms with E-state index in [1.54, 1.807) is 63.4 Å². The molecule has 12 heteroatoms. The number of rotatable bonds is 8. The SMILES string of the molecule is CCOC(=O)C1=C(C)N=c2s/c(=C\c3ccc(-c4ccc([N+](=O)[O-])cc4OC)o3)c(=O)n2[C@H]1c1cccc(OC)c1. The van der Waals surface area contributed by atoms with Crippen LogP contribution in [0.2, 0.25) is 0 Å². The number of benzene rings is 2. The Hall–Kier alpha value is -4.97. The summed E-state index contributed by atoms with van der Waals surface area (Å²) < 4.78 is 23.8. The smallest absolute Gasteiger partial charge is 0.338 e. The minimum atomic E-state index is -0.779. The number of nitro groups is 1. The molecular weight excluding hydrogens is 550 g/mol. The molecule has 0 fully saturated rings. The van der Waals surface area contributed by atoms with Crippen molar-refractivity contribution < 1.29 is 28.3 Å². The van der Waals surface area contributed by atoms with Gasteiger partial charge < -0.3 is 18.6 Å². The molecule has 210 valence electrons. The van der Waals surface area contributed by atoms with E-state index in [1.807, 2.05) is 6.07 Å². The van der Waals surface area contributed by atoms with Crippen LogP contribution in [0.3, 0.4) is 0 Å². The molecule has 1 atom stereocenters. The van der Waals surface area contributed by atoms with Gasteiger partial charge in [-0.25, -0.2) is 9.79 Å². The number of ether oxygens (including phenoxy) is 3. The molecule has 4 aromatic rings. The Morgan fingerprint density at radius 2 is 1.98 bits per heavy atom. The van der Waals surface area contributed by atoms with E-state index in [0.29, 0.717) is 43.4 Å². The van der Waals surface area contributed by atoms with Crippen LogP contribution in [0.1, 0.15) is 31.2 Å². The molecule has 0 saturated carbocycles. The number of methoxy groups -OCH3 is 2. The van der Waals surface area contributed by atoms with Crippen LogP contribution in [-0.2, 0) is 9.53 Å². The zero-order chi connectivity index (χ0) is 29.3. The molecule has 2 aromatic carbocycles. The lowest BCUT2D eigenvalue weighted by Crippen LogP contribution is -2.39. The second-order valence-electron chi connectivity index (χ2n) is 8.92. The predicted octanol–water partition coefficient (Wildman–Crippen LogP) is 3.98. The van der Waals surface area contributed by atoms with Gasteiger partial charge in [0.2, 0.25) is 0 Å². The van der Waals surface area contributed by atoms with Crippen molar-refractivity contribution in [3.63, 3.8) is 0 Å². The largest absolute Gasteiger partial charge is 0.497 e. The Kier molecular flexibility index (Phi) is 7.58. The van der Waals surface area contributed by atoms with Crippen LogP contribution in [-0.4, -0.2) is 36.3 Å². The molecule has 2 aromatic heterocycles. The predicted molar refractivity (Wildman–Crippen MR) is 151 cm³/mol. The summed E-state index contributed by atoms with van der Waals surface area (Å²) in [5, 5.41) is 11.1. The molecule has 0 radical (unpaired) electrons. The van der Waals surface area contributed by atoms with Gasteiger partial charge in [-0.15, -0.1) is 0 Å². The van der Waals surface area contributed by atoms with Crippen LogP contribution in [0.4, 0.5) is 5.69 Å². The van der Waals surface area contributed by atoms with Crippen molar-refractivity contribution in [3.8, 4) is 22.8 Å². The Bertz CT molecular complexity index is 1880. The summed E-state index contributed by atoms with van der Waals surface area (Å²) in [6.07, 6.45) is 1.59. The first-order valence-corrected chi connectivity index (χ1v) is 13.3. The van der Waals surface area contributed by atoms with Crippen molar-refractivity contribution in [3.05, 3.63) is 107 Å². The van der Waals surface area contributed by atoms with Gasteiger partial charge in [0.25, 0.3) is 11.2 Å². The van der Waals surface area contributed by atoms with Gasteiger partial charge in [-0.1, -0.05) is 23.5 Å². The summed E-state index contributed by atoms with van der Waals surface area (Å²) in [5.74, 6) is 1.09. The van der Waals surface area contributed by atoms with Crippen molar-refractivity contribution >= 4 is 29.1 Å². The Morgan fingerprint density at radius 3 is 2.68 bits per heavy atom. The Labute approximate surface area is 237 Å². The molecule has 1 aliphatic heterocycles. The third kappa shape index (κ3) is 5.16. The summed E-state index contributed by atoms with van der Waals surface area (Å²) in [6, 6.07) is 14.0. The van der Waals surface area contributed by atoms with E-state index in [2.05, 4.69) is 4.99 Å². The standard InChI is InChI=1S/C29H25N3O8S/c1-5-39-28(34)25-16(2)30-29-31(26(25)17-7-6-8-19(13-17)37-3)27(33)24(41-29)15-20-10-12-22(40-20)21-11-9-18(32(35)36)14-23(21)38-4/h6-15,26H,5H2,1-4H3/b24-15-/t26-/m0/s1. The van der Waals surface area contributed by atoms with Crippen molar-refractivity contribution in [2.45, 2.75) is 19.9 Å². The highest BCUT2D eigenvalue weighted by Gasteiger charge is 2.33. The molecule has 41 heavy (non-hydrogen) atoms. The minimum absolute atomic E-state index is 0.110. The number of non-ortho nitro benzene ring substituents is 1. The number of carbonyl (C=O) groups excluding carboxylic acids is 1. The Morgan fingerprint density at radius 1 is 1.17 bits per heavy atom. The zero-order valence-corrected chi connectivity index (χ0v) is 23.4. The first kappa shape index (κ1) is 27.6. The lowest BCUT2D eigenvalue weighted by molar-refractivity contribution is -0.384. The molecule has 0 bridgehead atoms. The van der Waals surface area contributed by atoms with E-state index in [0.717, 1.165) is 11.3 Å². The molecule has 0 N–H and O–H groups in total. The van der Waals surface area contributed by atoms with Crippen LogP contribution in [0, 0.1) is 10.1 Å². The van der Waals surface area contributed by atoms with Gasteiger partial charge in [-0.2, -0.15) is 0 Å². The van der Waals surface area contributed by atoms with Crippen molar-refractivity contribution in [2.24, 2.45) is 4.99 Å². The number of aromatic nitrogens is 1. The highest BCUT2D eigenvalue weighted by molar-refractivity contribution is 7.07. The molecule has 0 spiro atoms. The van der Waals surface area contributed by atoms with E-state index >= 15 is 0 Å². The minimum Gasteiger partial charge on any atom is -0.497 e. The number of nitrogens with zero attached hydrogens (tertiary/aromatic N) is 3. The summed E-state index contributed by atoms with van der Waals surface area (Å²) in [6.45, 7) is 3.60. The summed E-state index contributed by atoms with van der Waals surface area (Å²) >= 11 is 1.16. The second-order valence-corrected chi connectivity index (χ2v) is 9.93. The topological polar surface area (TPSA) is 135 Å². The monoisotopic (exact) mass is 575 g/mol. The van der Waals surface area contributed by atoms with E-state index < -0.39 is 16.9 Å². The summed E-state index contributed by atoms with van der Waals surface area (Å²) in [7, 11) is 2.96. The molecule has 0 unspecified atom stereocenters. The molecule has 0 aliphatic carbocycles. The molecule has 11 nitrogen and oxygen atoms in total. The summed E-state index contributed by atoms with van der Waals surface area (Å²) in [4.78, 5) is 42.5. The second kappa shape index (κ2) is 11.3. The molecule has 3 heterocycles. The van der Waals surface area contributed by atoms with E-state index in [9.17, 15) is 19.7 Å². The fourth-order valence-electron chi connectivity index (χ4n) is 4.62. The Balaban J connectivity index is 1.62. The highest BCUT2D eigenvalue weighted by Crippen LogP contribution is 2.35. The quantitative estimate of drug-likeness (QED) is 0.175. The number of hydrogen-bond acceptors (Lipinski definition) is 10. The number of allylic oxidation sites excluding steroid dienone is 1. The number of hydrogen-bond donors (Lipinski definition) is 0. The number of carbonyl (C=O) groups is 1. The van der Waals surface area contributed by atoms with Gasteiger partial charge in [0, 0.05) is 12.1 Å². The van der Waals surface area contributed by atoms with Crippen LogP contribution in [0.25, 0.3) is 17.4 Å². The van der Waals surface area contributed by atoms with Gasteiger partial charge in [0.1, 0.15) is 23.0 Å². The third-order valence-corrected chi connectivity index (χ3v) is 7.47. The van der Waals surface area contributed by atoms with E-state index in [-0.39, 0.29) is 29.2 Å². The first-order valence-electron chi connectivity index (χ1n) is 12.5. The average molecular weight is 576 g/mol. The first-order chi connectivity index (χ1) is 19.7. The van der Waals surface area contributed by atoms with E-state index in [4.69, 9.17) is 18.6 Å². The van der Waals surface area contributed by atoms with Crippen molar-refractivity contribution in [1.82, 2.24) is 4.57 Å². The van der Waals surface area contributed by atoms with Crippen molar-refractivity contribution in [1.29, 1.82) is 0 Å². The number of thiazole rings is 1. The number of nitro benzene ring substituents is 1. The van der Waals surface area contributed by atoms with Gasteiger partial charge in [-0.3, -0.25) is 19.5 Å². The third-order valence-electron chi connectivity index (χ3n) is 6.49. The van der Waals surface area contributed by atoms with Crippen LogP contribution >= 0.6 is 11.3 Å². The highest BCUT2D eigenvalue weighted by atomic mass is 32.1. The van der Waals surface area contributed by atoms with Gasteiger partial charge >= 0.3 is 5.97 Å². The zero-order valence-electron chi connectivity index (χ0n) is 22.6. The molecule has 0 saturated heterocycles. The summed E-state index contributed by atoms with van der Waals surface area (Å²) in [5.41, 5.74) is 1.44. The lowest BCUT2D eigenvalue weighted by atomic mass is 9.95. The number of furan rings is 1. The average Bonchev–Trinajstić information content (AvgIpc) is 3.55. The fourth-order valence-corrected chi connectivity index (χ4v) is 5.65.